The van der Waals surface area contributed by atoms with E-state index in [0.29, 0.717) is 24.5 Å². The van der Waals surface area contributed by atoms with Crippen molar-refractivity contribution in [1.82, 2.24) is 10.2 Å². The topological polar surface area (TPSA) is 50.8 Å². The van der Waals surface area contributed by atoms with E-state index in [2.05, 4.69) is 24.1 Å². The van der Waals surface area contributed by atoms with Gasteiger partial charge in [0.1, 0.15) is 0 Å². The summed E-state index contributed by atoms with van der Waals surface area (Å²) in [4.78, 5) is 14.8. The molecule has 1 N–H and O–H groups in total. The zero-order valence-electron chi connectivity index (χ0n) is 15.4. The van der Waals surface area contributed by atoms with Crippen molar-refractivity contribution in [3.05, 3.63) is 23.8 Å². The van der Waals surface area contributed by atoms with Crippen LogP contribution in [-0.2, 0) is 11.2 Å². The van der Waals surface area contributed by atoms with Crippen molar-refractivity contribution in [2.75, 3.05) is 33.9 Å². The fraction of sp³-hybridized carbons (Fsp3) is 0.632. The maximum Gasteiger partial charge on any atom is 0.224 e. The lowest BCUT2D eigenvalue weighted by Crippen LogP contribution is -2.53. The summed E-state index contributed by atoms with van der Waals surface area (Å²) in [6.07, 6.45) is 4.17. The van der Waals surface area contributed by atoms with Gasteiger partial charge in [-0.1, -0.05) is 12.5 Å². The van der Waals surface area contributed by atoms with Crippen molar-refractivity contribution < 1.29 is 14.3 Å². The molecule has 5 nitrogen and oxygen atoms in total. The predicted molar refractivity (Wildman–Crippen MR) is 95.8 cm³/mol. The number of methoxy groups -OCH3 is 2. The number of rotatable bonds is 7. The summed E-state index contributed by atoms with van der Waals surface area (Å²) in [5.41, 5.74) is 0.911. The molecule has 1 heterocycles. The Kier molecular flexibility index (Phi) is 6.49. The van der Waals surface area contributed by atoms with Gasteiger partial charge in [-0.3, -0.25) is 9.69 Å². The molecule has 1 aromatic rings. The Morgan fingerprint density at radius 2 is 1.79 bits per heavy atom. The van der Waals surface area contributed by atoms with Gasteiger partial charge in [0.25, 0.3) is 0 Å². The minimum absolute atomic E-state index is 0.00627. The molecule has 1 saturated heterocycles. The molecule has 0 aromatic heterocycles. The Morgan fingerprint density at radius 3 is 2.42 bits per heavy atom. The number of carbonyl (C=O) groups excluding carboxylic acids is 1. The van der Waals surface area contributed by atoms with Crippen LogP contribution in [0.25, 0.3) is 0 Å². The van der Waals surface area contributed by atoms with E-state index in [-0.39, 0.29) is 11.4 Å². The SMILES string of the molecule is COc1ccc(CC(=O)NCC(C)(C)N2CCCCC2)cc1OC. The molecular weight excluding hydrogens is 304 g/mol. The molecule has 5 heteroatoms. The molecule has 0 radical (unpaired) electrons. The third kappa shape index (κ3) is 4.87. The summed E-state index contributed by atoms with van der Waals surface area (Å²) in [6, 6.07) is 5.59. The molecule has 0 bridgehead atoms. The fourth-order valence-corrected chi connectivity index (χ4v) is 3.16. The first kappa shape index (κ1) is 18.6. The van der Waals surface area contributed by atoms with Crippen molar-refractivity contribution in [2.24, 2.45) is 0 Å². The minimum atomic E-state index is -0.00627. The van der Waals surface area contributed by atoms with Gasteiger partial charge in [-0.05, 0) is 57.5 Å². The van der Waals surface area contributed by atoms with Crippen LogP contribution >= 0.6 is 0 Å². The number of nitrogens with zero attached hydrogens (tertiary/aromatic N) is 1. The Balaban J connectivity index is 1.88. The molecule has 1 amide bonds. The summed E-state index contributed by atoms with van der Waals surface area (Å²) >= 11 is 0. The van der Waals surface area contributed by atoms with E-state index in [0.717, 1.165) is 18.7 Å². The molecule has 134 valence electrons. The highest BCUT2D eigenvalue weighted by Gasteiger charge is 2.28. The summed E-state index contributed by atoms with van der Waals surface area (Å²) in [5.74, 6) is 1.36. The van der Waals surface area contributed by atoms with Crippen molar-refractivity contribution in [3.63, 3.8) is 0 Å². The van der Waals surface area contributed by atoms with E-state index in [4.69, 9.17) is 9.47 Å². The first-order chi connectivity index (χ1) is 11.5. The molecular formula is C19H30N2O3. The third-order valence-electron chi connectivity index (χ3n) is 4.74. The zero-order valence-corrected chi connectivity index (χ0v) is 15.4. The zero-order chi connectivity index (χ0) is 17.6. The highest BCUT2D eigenvalue weighted by Crippen LogP contribution is 2.27. The maximum atomic E-state index is 12.3. The van der Waals surface area contributed by atoms with E-state index in [1.807, 2.05) is 18.2 Å². The fourth-order valence-electron chi connectivity index (χ4n) is 3.16. The van der Waals surface area contributed by atoms with Gasteiger partial charge in [-0.25, -0.2) is 0 Å². The normalized spacial score (nSPS) is 15.8. The smallest absolute Gasteiger partial charge is 0.224 e. The van der Waals surface area contributed by atoms with Gasteiger partial charge in [0, 0.05) is 12.1 Å². The molecule has 0 aliphatic carbocycles. The van der Waals surface area contributed by atoms with E-state index >= 15 is 0 Å². The van der Waals surface area contributed by atoms with Crippen LogP contribution in [-0.4, -0.2) is 50.2 Å². The number of hydrogen-bond acceptors (Lipinski definition) is 4. The van der Waals surface area contributed by atoms with Crippen LogP contribution in [0.15, 0.2) is 18.2 Å². The van der Waals surface area contributed by atoms with E-state index in [1.165, 1.54) is 19.3 Å². The van der Waals surface area contributed by atoms with Crippen LogP contribution in [0.4, 0.5) is 0 Å². The second-order valence-corrected chi connectivity index (χ2v) is 7.00. The van der Waals surface area contributed by atoms with Crippen LogP contribution < -0.4 is 14.8 Å². The first-order valence-corrected chi connectivity index (χ1v) is 8.69. The first-order valence-electron chi connectivity index (χ1n) is 8.69. The lowest BCUT2D eigenvalue weighted by Gasteiger charge is -2.41. The van der Waals surface area contributed by atoms with Gasteiger partial charge in [-0.15, -0.1) is 0 Å². The van der Waals surface area contributed by atoms with Crippen LogP contribution in [0.3, 0.4) is 0 Å². The number of hydrogen-bond donors (Lipinski definition) is 1. The van der Waals surface area contributed by atoms with Crippen LogP contribution in [0.5, 0.6) is 11.5 Å². The maximum absolute atomic E-state index is 12.3. The van der Waals surface area contributed by atoms with Gasteiger partial charge < -0.3 is 14.8 Å². The number of likely N-dealkylation sites (tertiary alicyclic amines) is 1. The summed E-state index contributed by atoms with van der Waals surface area (Å²) in [5, 5.41) is 3.08. The standard InChI is InChI=1S/C19H30N2O3/c1-19(2,21-10-6-5-7-11-21)14-20-18(22)13-15-8-9-16(23-3)17(12-15)24-4/h8-9,12H,5-7,10-11,13-14H2,1-4H3,(H,20,22). The van der Waals surface area contributed by atoms with Crippen molar-refractivity contribution in [3.8, 4) is 11.5 Å². The average Bonchev–Trinajstić information content (AvgIpc) is 2.60. The monoisotopic (exact) mass is 334 g/mol. The summed E-state index contributed by atoms with van der Waals surface area (Å²) in [7, 11) is 3.20. The molecule has 1 fully saturated rings. The molecule has 0 atom stereocenters. The Morgan fingerprint density at radius 1 is 1.12 bits per heavy atom. The van der Waals surface area contributed by atoms with Gasteiger partial charge in [-0.2, -0.15) is 0 Å². The van der Waals surface area contributed by atoms with Crippen molar-refractivity contribution in [1.29, 1.82) is 0 Å². The van der Waals surface area contributed by atoms with Crippen LogP contribution in [0.1, 0.15) is 38.7 Å². The van der Waals surface area contributed by atoms with Gasteiger partial charge in [0.05, 0.1) is 20.6 Å². The Bertz CT molecular complexity index is 552. The molecule has 1 aromatic carbocycles. The number of nitrogens with one attached hydrogen (secondary N) is 1. The second kappa shape index (κ2) is 8.38. The molecule has 1 aliphatic heterocycles. The molecule has 0 saturated carbocycles. The molecule has 1 aliphatic rings. The number of ether oxygens (including phenoxy) is 2. The number of carbonyl (C=O) groups is 1. The number of amides is 1. The number of piperidine rings is 1. The summed E-state index contributed by atoms with van der Waals surface area (Å²) in [6.45, 7) is 7.32. The lowest BCUT2D eigenvalue weighted by atomic mass is 9.98. The predicted octanol–water partition coefficient (Wildman–Crippen LogP) is 2.63. The highest BCUT2D eigenvalue weighted by atomic mass is 16.5. The van der Waals surface area contributed by atoms with E-state index in [1.54, 1.807) is 14.2 Å². The molecule has 0 spiro atoms. The third-order valence-corrected chi connectivity index (χ3v) is 4.74. The van der Waals surface area contributed by atoms with Crippen LogP contribution in [0.2, 0.25) is 0 Å². The van der Waals surface area contributed by atoms with Crippen molar-refractivity contribution in [2.45, 2.75) is 45.1 Å². The molecule has 24 heavy (non-hydrogen) atoms. The highest BCUT2D eigenvalue weighted by molar-refractivity contribution is 5.78. The quantitative estimate of drug-likeness (QED) is 0.833. The van der Waals surface area contributed by atoms with Gasteiger partial charge >= 0.3 is 0 Å². The van der Waals surface area contributed by atoms with Gasteiger partial charge in [0.2, 0.25) is 5.91 Å². The van der Waals surface area contributed by atoms with Gasteiger partial charge in [0.15, 0.2) is 11.5 Å². The van der Waals surface area contributed by atoms with E-state index < -0.39 is 0 Å². The molecule has 2 rings (SSSR count). The average molecular weight is 334 g/mol. The second-order valence-electron chi connectivity index (χ2n) is 7.00. The Hall–Kier alpha value is -1.75. The van der Waals surface area contributed by atoms with Crippen molar-refractivity contribution >= 4 is 5.91 Å². The molecule has 0 unspecified atom stereocenters. The minimum Gasteiger partial charge on any atom is -0.493 e. The summed E-state index contributed by atoms with van der Waals surface area (Å²) < 4.78 is 10.5. The van der Waals surface area contributed by atoms with Crippen LogP contribution in [0, 0.1) is 0 Å². The Labute approximate surface area is 145 Å². The van der Waals surface area contributed by atoms with E-state index in [9.17, 15) is 4.79 Å². The lowest BCUT2D eigenvalue weighted by molar-refractivity contribution is -0.121. The largest absolute Gasteiger partial charge is 0.493 e. The number of benzene rings is 1.